The molecule has 12 nitrogen and oxygen atoms in total. The van der Waals surface area contributed by atoms with Gasteiger partial charge in [0.25, 0.3) is 0 Å². The molecule has 49 heavy (non-hydrogen) atoms. The summed E-state index contributed by atoms with van der Waals surface area (Å²) < 4.78 is 28.6. The van der Waals surface area contributed by atoms with Gasteiger partial charge in [-0.1, -0.05) is 48.5 Å². The Morgan fingerprint density at radius 2 is 1.63 bits per heavy atom. The molecule has 0 spiro atoms. The molecule has 0 bridgehead atoms. The molecule has 1 aliphatic rings. The highest BCUT2D eigenvalue weighted by Gasteiger charge is 2.32. The monoisotopic (exact) mass is 668 g/mol. The van der Waals surface area contributed by atoms with Crippen LogP contribution in [0.1, 0.15) is 43.5 Å². The number of hydrazone groups is 1. The van der Waals surface area contributed by atoms with E-state index < -0.39 is 24.3 Å². The van der Waals surface area contributed by atoms with Gasteiger partial charge in [0.1, 0.15) is 13.2 Å². The van der Waals surface area contributed by atoms with Crippen molar-refractivity contribution < 1.29 is 38.4 Å². The van der Waals surface area contributed by atoms with Crippen LogP contribution >= 0.6 is 0 Å². The third-order valence-corrected chi connectivity index (χ3v) is 7.64. The molecule has 2 amide bonds. The summed E-state index contributed by atoms with van der Waals surface area (Å²) in [4.78, 5) is 24.7. The van der Waals surface area contributed by atoms with E-state index in [1.807, 2.05) is 56.3 Å². The van der Waals surface area contributed by atoms with Crippen molar-refractivity contribution in [3.05, 3.63) is 107 Å². The van der Waals surface area contributed by atoms with E-state index >= 15 is 0 Å². The first-order valence-electron chi connectivity index (χ1n) is 15.9. The number of carbonyl (C=O) groups is 2. The Bertz CT molecular complexity index is 1850. The molecule has 12 heteroatoms. The van der Waals surface area contributed by atoms with Gasteiger partial charge in [-0.15, -0.1) is 0 Å². The molecule has 0 aromatic heterocycles. The topological polar surface area (TPSA) is 149 Å². The SMILES string of the molecule is CCOc1cc(/C=N\N[C@@H](O)COc2ccc([C@H]3NC(=O)NC(C)=C3C(=O)OC)cc2OCC)ccc1OCc1cccc2ccccc12. The van der Waals surface area contributed by atoms with Crippen LogP contribution in [0.5, 0.6) is 23.0 Å². The zero-order valence-corrected chi connectivity index (χ0v) is 27.8. The first kappa shape index (κ1) is 34.6. The molecule has 1 heterocycles. The summed E-state index contributed by atoms with van der Waals surface area (Å²) in [5.41, 5.74) is 5.71. The average Bonchev–Trinajstić information content (AvgIpc) is 3.10. The summed E-state index contributed by atoms with van der Waals surface area (Å²) in [6.45, 7) is 6.37. The molecule has 0 fully saturated rings. The summed E-state index contributed by atoms with van der Waals surface area (Å²) >= 11 is 0. The summed E-state index contributed by atoms with van der Waals surface area (Å²) in [5.74, 6) is 1.35. The van der Waals surface area contributed by atoms with Crippen molar-refractivity contribution in [1.82, 2.24) is 16.1 Å². The number of aliphatic hydroxyl groups excluding tert-OH is 1. The standard InChI is InChI=1S/C37H40N4O8/c1-5-46-31-18-24(14-16-29(31)48-21-27-12-9-11-25-10-7-8-13-28(25)27)20-38-41-33(42)22-49-30-17-15-26(19-32(30)47-6-2)35-34(36(43)45-4)23(3)39-37(44)40-35/h7-20,33,35,41-42H,5-6,21-22H2,1-4H3,(H2,39,40,44)/b38-20-/t33-,35+/m0/s1. The highest BCUT2D eigenvalue weighted by Crippen LogP contribution is 2.35. The van der Waals surface area contributed by atoms with Crippen molar-refractivity contribution in [3.63, 3.8) is 0 Å². The fourth-order valence-corrected chi connectivity index (χ4v) is 5.39. The normalized spacial score (nSPS) is 15.0. The number of rotatable bonds is 15. The lowest BCUT2D eigenvalue weighted by Crippen LogP contribution is -2.45. The van der Waals surface area contributed by atoms with E-state index in [2.05, 4.69) is 39.4 Å². The maximum absolute atomic E-state index is 12.5. The quantitative estimate of drug-likeness (QED) is 0.0570. The maximum Gasteiger partial charge on any atom is 0.337 e. The average molecular weight is 669 g/mol. The van der Waals surface area contributed by atoms with Gasteiger partial charge in [0, 0.05) is 5.70 Å². The molecule has 4 N–H and O–H groups in total. The molecule has 0 unspecified atom stereocenters. The fourth-order valence-electron chi connectivity index (χ4n) is 5.39. The van der Waals surface area contributed by atoms with Crippen LogP contribution in [0, 0.1) is 0 Å². The van der Waals surface area contributed by atoms with E-state index in [4.69, 9.17) is 23.7 Å². The van der Waals surface area contributed by atoms with Crippen LogP contribution in [0.3, 0.4) is 0 Å². The van der Waals surface area contributed by atoms with Crippen molar-refractivity contribution in [2.45, 2.75) is 39.6 Å². The Morgan fingerprint density at radius 3 is 2.41 bits per heavy atom. The molecule has 4 aromatic carbocycles. The summed E-state index contributed by atoms with van der Waals surface area (Å²) in [7, 11) is 1.28. The van der Waals surface area contributed by atoms with E-state index in [1.165, 1.54) is 7.11 Å². The fraction of sp³-hybridized carbons (Fsp3) is 0.270. The largest absolute Gasteiger partial charge is 0.490 e. The van der Waals surface area contributed by atoms with Gasteiger partial charge in [-0.05, 0) is 78.6 Å². The lowest BCUT2D eigenvalue weighted by atomic mass is 9.95. The smallest absolute Gasteiger partial charge is 0.337 e. The third-order valence-electron chi connectivity index (χ3n) is 7.64. The molecule has 0 aliphatic carbocycles. The van der Waals surface area contributed by atoms with E-state index in [-0.39, 0.29) is 12.2 Å². The Balaban J connectivity index is 1.20. The lowest BCUT2D eigenvalue weighted by Gasteiger charge is -2.28. The highest BCUT2D eigenvalue weighted by atomic mass is 16.5. The molecule has 256 valence electrons. The second-order valence-corrected chi connectivity index (χ2v) is 11.0. The summed E-state index contributed by atoms with van der Waals surface area (Å²) in [6, 6.07) is 23.6. The van der Waals surface area contributed by atoms with Crippen LogP contribution in [0.15, 0.2) is 95.2 Å². The third kappa shape index (κ3) is 8.59. The molecule has 5 rings (SSSR count). The number of esters is 1. The van der Waals surface area contributed by atoms with Crippen LogP contribution in [0.25, 0.3) is 10.8 Å². The number of nitrogens with zero attached hydrogens (tertiary/aromatic N) is 1. The highest BCUT2D eigenvalue weighted by molar-refractivity contribution is 5.95. The van der Waals surface area contributed by atoms with E-state index in [9.17, 15) is 14.7 Å². The van der Waals surface area contributed by atoms with E-state index in [0.717, 1.165) is 21.9 Å². The minimum absolute atomic E-state index is 0.154. The van der Waals surface area contributed by atoms with E-state index in [0.29, 0.717) is 54.1 Å². The molecule has 0 radical (unpaired) electrons. The second kappa shape index (κ2) is 16.4. The van der Waals surface area contributed by atoms with Crippen molar-refractivity contribution in [3.8, 4) is 23.0 Å². The first-order chi connectivity index (χ1) is 23.8. The van der Waals surface area contributed by atoms with Crippen molar-refractivity contribution in [1.29, 1.82) is 0 Å². The van der Waals surface area contributed by atoms with Crippen molar-refractivity contribution >= 4 is 29.0 Å². The number of benzene rings is 4. The molecule has 1 aliphatic heterocycles. The number of allylic oxidation sites excluding steroid dienone is 1. The van der Waals surface area contributed by atoms with Gasteiger partial charge in [-0.2, -0.15) is 5.10 Å². The van der Waals surface area contributed by atoms with Gasteiger partial charge >= 0.3 is 12.0 Å². The molecule has 0 saturated carbocycles. The summed E-state index contributed by atoms with van der Waals surface area (Å²) in [6.07, 6.45) is 0.405. The van der Waals surface area contributed by atoms with Gasteiger partial charge in [-0.3, -0.25) is 5.43 Å². The van der Waals surface area contributed by atoms with Crippen LogP contribution in [-0.2, 0) is 16.1 Å². The van der Waals surface area contributed by atoms with Crippen molar-refractivity contribution in [2.24, 2.45) is 5.10 Å². The number of ether oxygens (including phenoxy) is 5. The number of nitrogens with one attached hydrogen (secondary N) is 3. The van der Waals surface area contributed by atoms with E-state index in [1.54, 1.807) is 31.3 Å². The lowest BCUT2D eigenvalue weighted by molar-refractivity contribution is -0.136. The number of aliphatic hydroxyl groups is 1. The number of hydrogen-bond donors (Lipinski definition) is 4. The number of hydrogen-bond acceptors (Lipinski definition) is 10. The summed E-state index contributed by atoms with van der Waals surface area (Å²) in [5, 5.41) is 22.3. The van der Waals surface area contributed by atoms with Gasteiger partial charge in [0.2, 0.25) is 0 Å². The minimum Gasteiger partial charge on any atom is -0.490 e. The van der Waals surface area contributed by atoms with Gasteiger partial charge in [0.05, 0.1) is 38.2 Å². The number of fused-ring (bicyclic) bond motifs is 1. The number of carbonyl (C=O) groups excluding carboxylic acids is 2. The molecular formula is C37H40N4O8. The van der Waals surface area contributed by atoms with Crippen LogP contribution in [0.2, 0.25) is 0 Å². The Morgan fingerprint density at radius 1 is 0.918 bits per heavy atom. The number of methoxy groups -OCH3 is 1. The molecule has 4 aromatic rings. The van der Waals surface area contributed by atoms with Crippen LogP contribution in [0.4, 0.5) is 4.79 Å². The zero-order chi connectivity index (χ0) is 34.8. The Labute approximate surface area is 284 Å². The molecular weight excluding hydrogens is 628 g/mol. The van der Waals surface area contributed by atoms with Crippen LogP contribution < -0.4 is 35.0 Å². The maximum atomic E-state index is 12.5. The predicted octanol–water partition coefficient (Wildman–Crippen LogP) is 5.34. The zero-order valence-electron chi connectivity index (χ0n) is 27.8. The Kier molecular flexibility index (Phi) is 11.6. The number of amides is 2. The second-order valence-electron chi connectivity index (χ2n) is 11.0. The number of urea groups is 1. The minimum atomic E-state index is -1.15. The molecule has 2 atom stereocenters. The first-order valence-corrected chi connectivity index (χ1v) is 15.9. The van der Waals surface area contributed by atoms with Gasteiger partial charge in [0.15, 0.2) is 29.2 Å². The van der Waals surface area contributed by atoms with Crippen LogP contribution in [-0.4, -0.2) is 56.5 Å². The van der Waals surface area contributed by atoms with Gasteiger partial charge in [-0.25, -0.2) is 9.59 Å². The molecule has 0 saturated heterocycles. The predicted molar refractivity (Wildman–Crippen MR) is 185 cm³/mol. The van der Waals surface area contributed by atoms with Gasteiger partial charge < -0.3 is 39.4 Å². The van der Waals surface area contributed by atoms with Crippen molar-refractivity contribution in [2.75, 3.05) is 26.9 Å². The Hall–Kier alpha value is -5.75.